The minimum Gasteiger partial charge on any atom is -0.619 e. The first-order valence-corrected chi connectivity index (χ1v) is 3.66. The number of pyridine rings is 1. The molecule has 0 aromatic carbocycles. The quantitative estimate of drug-likeness (QED) is 0.168. The molecule has 13 heavy (non-hydrogen) atoms. The van der Waals surface area contributed by atoms with Crippen LogP contribution < -0.4 is 4.73 Å². The van der Waals surface area contributed by atoms with Crippen molar-refractivity contribution in [2.45, 2.75) is 0 Å². The van der Waals surface area contributed by atoms with Crippen molar-refractivity contribution in [1.29, 1.82) is 0 Å². The van der Waals surface area contributed by atoms with Crippen LogP contribution in [0.15, 0.2) is 29.7 Å². The molecule has 5 heteroatoms. The number of methoxy groups -OCH3 is 1. The molecule has 1 heterocycles. The summed E-state index contributed by atoms with van der Waals surface area (Å²) in [6, 6.07) is 3.26. The Morgan fingerprint density at radius 1 is 1.54 bits per heavy atom. The lowest BCUT2D eigenvalue weighted by Crippen LogP contribution is -2.23. The smallest absolute Gasteiger partial charge is 0.216 e. The Hall–Kier alpha value is -1.62. The second-order valence-electron chi connectivity index (χ2n) is 2.26. The van der Waals surface area contributed by atoms with Crippen molar-refractivity contribution in [3.8, 4) is 0 Å². The highest BCUT2D eigenvalue weighted by atomic mass is 16.7. The average molecular weight is 182 g/mol. The lowest BCUT2D eigenvalue weighted by molar-refractivity contribution is -0.605. The highest BCUT2D eigenvalue weighted by molar-refractivity contribution is 5.78. The van der Waals surface area contributed by atoms with Gasteiger partial charge in [0.05, 0.1) is 6.21 Å². The van der Waals surface area contributed by atoms with E-state index in [0.29, 0.717) is 4.73 Å². The minimum absolute atomic E-state index is 0.116. The van der Waals surface area contributed by atoms with Crippen LogP contribution in [0.25, 0.3) is 0 Å². The summed E-state index contributed by atoms with van der Waals surface area (Å²) in [6.45, 7) is 0.116. The summed E-state index contributed by atoms with van der Waals surface area (Å²) >= 11 is 0. The van der Waals surface area contributed by atoms with E-state index in [4.69, 9.17) is 0 Å². The Morgan fingerprint density at radius 2 is 2.23 bits per heavy atom. The number of ether oxygens (including phenoxy) is 1. The molecule has 0 aliphatic rings. The number of rotatable bonds is 4. The zero-order valence-corrected chi connectivity index (χ0v) is 7.21. The highest BCUT2D eigenvalue weighted by Gasteiger charge is 1.89. The second kappa shape index (κ2) is 5.10. The molecule has 0 amide bonds. The Labute approximate surface area is 75.8 Å². The van der Waals surface area contributed by atoms with Gasteiger partial charge in [-0.05, 0) is 0 Å². The van der Waals surface area contributed by atoms with Crippen molar-refractivity contribution in [2.24, 2.45) is 5.16 Å². The third-order valence-corrected chi connectivity index (χ3v) is 1.27. The van der Waals surface area contributed by atoms with E-state index in [1.165, 1.54) is 25.7 Å². The molecule has 70 valence electrons. The lowest BCUT2D eigenvalue weighted by Gasteiger charge is -1.95. The summed E-state index contributed by atoms with van der Waals surface area (Å²) in [5.74, 6) is 0. The average Bonchev–Trinajstić information content (AvgIpc) is 2.15. The van der Waals surface area contributed by atoms with Crippen molar-refractivity contribution in [3.05, 3.63) is 35.3 Å². The van der Waals surface area contributed by atoms with Crippen LogP contribution in [-0.4, -0.2) is 20.1 Å². The van der Waals surface area contributed by atoms with Gasteiger partial charge in [-0.1, -0.05) is 5.16 Å². The molecule has 0 aliphatic carbocycles. The third-order valence-electron chi connectivity index (χ3n) is 1.27. The van der Waals surface area contributed by atoms with E-state index in [2.05, 4.69) is 14.7 Å². The number of oxime groups is 1. The Kier molecular flexibility index (Phi) is 3.72. The van der Waals surface area contributed by atoms with Crippen molar-refractivity contribution in [3.63, 3.8) is 0 Å². The molecule has 1 aromatic heterocycles. The maximum atomic E-state index is 10.6. The van der Waals surface area contributed by atoms with Gasteiger partial charge in [0.25, 0.3) is 0 Å². The molecule has 1 rings (SSSR count). The van der Waals surface area contributed by atoms with Gasteiger partial charge in [-0.15, -0.1) is 0 Å². The van der Waals surface area contributed by atoms with Crippen LogP contribution in [0.1, 0.15) is 5.56 Å². The van der Waals surface area contributed by atoms with Crippen LogP contribution >= 0.6 is 0 Å². The minimum atomic E-state index is 0.116. The highest BCUT2D eigenvalue weighted by Crippen LogP contribution is 1.90. The molecule has 0 atom stereocenters. The van der Waals surface area contributed by atoms with E-state index in [1.54, 1.807) is 12.1 Å². The van der Waals surface area contributed by atoms with E-state index in [-0.39, 0.29) is 6.79 Å². The van der Waals surface area contributed by atoms with Crippen molar-refractivity contribution >= 4 is 6.21 Å². The molecular formula is C8H10N2O3. The van der Waals surface area contributed by atoms with Gasteiger partial charge < -0.3 is 14.8 Å². The largest absolute Gasteiger partial charge is 0.619 e. The predicted molar refractivity (Wildman–Crippen MR) is 46.0 cm³/mol. The van der Waals surface area contributed by atoms with Gasteiger partial charge in [0.2, 0.25) is 6.79 Å². The number of hydrogen-bond donors (Lipinski definition) is 0. The molecule has 0 bridgehead atoms. The van der Waals surface area contributed by atoms with Crippen LogP contribution in [0.3, 0.4) is 0 Å². The summed E-state index contributed by atoms with van der Waals surface area (Å²) in [4.78, 5) is 4.68. The van der Waals surface area contributed by atoms with Gasteiger partial charge in [0, 0.05) is 24.8 Å². The van der Waals surface area contributed by atoms with Crippen LogP contribution in [0.4, 0.5) is 0 Å². The van der Waals surface area contributed by atoms with Crippen molar-refractivity contribution in [1.82, 2.24) is 0 Å². The third kappa shape index (κ3) is 3.53. The van der Waals surface area contributed by atoms with Gasteiger partial charge in [0.1, 0.15) is 0 Å². The Morgan fingerprint density at radius 3 is 2.85 bits per heavy atom. The van der Waals surface area contributed by atoms with E-state index < -0.39 is 0 Å². The molecule has 1 aromatic rings. The maximum Gasteiger partial charge on any atom is 0.216 e. The first-order chi connectivity index (χ1) is 6.33. The number of hydrogen-bond acceptors (Lipinski definition) is 4. The van der Waals surface area contributed by atoms with Gasteiger partial charge in [-0.25, -0.2) is 0 Å². The summed E-state index contributed by atoms with van der Waals surface area (Å²) in [5.41, 5.74) is 0.795. The van der Waals surface area contributed by atoms with Crippen molar-refractivity contribution in [2.75, 3.05) is 13.9 Å². The first-order valence-electron chi connectivity index (χ1n) is 3.66. The Balaban J connectivity index is 2.44. The van der Waals surface area contributed by atoms with Gasteiger partial charge >= 0.3 is 0 Å². The van der Waals surface area contributed by atoms with Gasteiger partial charge in [-0.3, -0.25) is 0 Å². The second-order valence-corrected chi connectivity index (χ2v) is 2.26. The molecule has 0 radical (unpaired) electrons. The summed E-state index contributed by atoms with van der Waals surface area (Å²) in [6.07, 6.45) is 4.27. The van der Waals surface area contributed by atoms with E-state index in [9.17, 15) is 5.21 Å². The van der Waals surface area contributed by atoms with Crippen LogP contribution in [0.5, 0.6) is 0 Å². The van der Waals surface area contributed by atoms with E-state index in [1.807, 2.05) is 0 Å². The monoisotopic (exact) mass is 182 g/mol. The van der Waals surface area contributed by atoms with E-state index in [0.717, 1.165) is 5.56 Å². The molecular weight excluding hydrogens is 172 g/mol. The maximum absolute atomic E-state index is 10.6. The standard InChI is InChI=1S/C8H10N2O3/c1-12-7-13-9-6-8-2-4-10(11)5-3-8/h2-6H,7H2,1H3/b9-6-. The van der Waals surface area contributed by atoms with Gasteiger partial charge in [-0.2, -0.15) is 4.73 Å². The first kappa shape index (κ1) is 9.47. The summed E-state index contributed by atoms with van der Waals surface area (Å²) in [7, 11) is 1.51. The van der Waals surface area contributed by atoms with Crippen molar-refractivity contribution < 1.29 is 14.3 Å². The number of nitrogens with zero attached hydrogens (tertiary/aromatic N) is 2. The zero-order chi connectivity index (χ0) is 9.52. The fourth-order valence-corrected chi connectivity index (χ4v) is 0.692. The van der Waals surface area contributed by atoms with Crippen LogP contribution in [-0.2, 0) is 9.57 Å². The molecule has 0 aliphatic heterocycles. The molecule has 0 saturated carbocycles. The van der Waals surface area contributed by atoms with E-state index >= 15 is 0 Å². The fourth-order valence-electron chi connectivity index (χ4n) is 0.692. The molecule has 0 saturated heterocycles. The summed E-state index contributed by atoms with van der Waals surface area (Å²) < 4.78 is 5.31. The molecule has 0 unspecified atom stereocenters. The zero-order valence-electron chi connectivity index (χ0n) is 7.21. The molecule has 0 fully saturated rings. The lowest BCUT2D eigenvalue weighted by atomic mass is 10.3. The predicted octanol–water partition coefficient (Wildman–Crippen LogP) is 0.274. The topological polar surface area (TPSA) is 57.8 Å². The fraction of sp³-hybridized carbons (Fsp3) is 0.250. The molecule has 5 nitrogen and oxygen atoms in total. The van der Waals surface area contributed by atoms with Crippen LogP contribution in [0, 0.1) is 5.21 Å². The number of aromatic nitrogens is 1. The normalized spacial score (nSPS) is 10.5. The summed E-state index contributed by atoms with van der Waals surface area (Å²) in [5, 5.41) is 14.2. The van der Waals surface area contributed by atoms with Crippen LogP contribution in [0.2, 0.25) is 0 Å². The molecule has 0 spiro atoms. The molecule has 0 N–H and O–H groups in total. The SMILES string of the molecule is COCO/N=C\c1cc[n+]([O-])cc1. The van der Waals surface area contributed by atoms with Gasteiger partial charge in [0.15, 0.2) is 12.4 Å². The Bertz CT molecular complexity index is 271.